The van der Waals surface area contributed by atoms with Crippen molar-refractivity contribution in [3.05, 3.63) is 107 Å². The number of carbonyl (C=O) groups excluding carboxylic acids is 1. The molecule has 0 spiro atoms. The average Bonchev–Trinajstić information content (AvgIpc) is 2.76. The highest BCUT2D eigenvalue weighted by atomic mass is 35.5. The lowest BCUT2D eigenvalue weighted by Gasteiger charge is -2.22. The maximum Gasteiger partial charge on any atom is 0.418 e. The van der Waals surface area contributed by atoms with Crippen molar-refractivity contribution < 1.29 is 18.0 Å². The zero-order valence-corrected chi connectivity index (χ0v) is 16.7. The monoisotopic (exact) mass is 441 g/mol. The summed E-state index contributed by atoms with van der Waals surface area (Å²) in [6, 6.07) is 15.8. The van der Waals surface area contributed by atoms with Crippen LogP contribution in [0.3, 0.4) is 0 Å². The van der Waals surface area contributed by atoms with Gasteiger partial charge in [0.1, 0.15) is 0 Å². The van der Waals surface area contributed by atoms with Crippen LogP contribution in [-0.4, -0.2) is 15.9 Å². The van der Waals surface area contributed by atoms with E-state index in [0.29, 0.717) is 16.1 Å². The number of carbonyl (C=O) groups is 1. The van der Waals surface area contributed by atoms with Gasteiger partial charge < -0.3 is 5.32 Å². The molecule has 4 aromatic rings. The second-order valence-corrected chi connectivity index (χ2v) is 7.24. The van der Waals surface area contributed by atoms with Gasteiger partial charge in [0, 0.05) is 28.4 Å². The van der Waals surface area contributed by atoms with E-state index in [1.54, 1.807) is 48.7 Å². The van der Waals surface area contributed by atoms with E-state index in [9.17, 15) is 18.0 Å². The molecule has 156 valence electrons. The third-order valence-corrected chi connectivity index (χ3v) is 4.98. The lowest BCUT2D eigenvalue weighted by molar-refractivity contribution is -0.138. The van der Waals surface area contributed by atoms with Gasteiger partial charge >= 0.3 is 6.18 Å². The van der Waals surface area contributed by atoms with Gasteiger partial charge in [-0.1, -0.05) is 35.9 Å². The fraction of sp³-hybridized carbons (Fsp3) is 0.0870. The van der Waals surface area contributed by atoms with Crippen molar-refractivity contribution >= 4 is 28.4 Å². The minimum absolute atomic E-state index is 0.266. The maximum absolute atomic E-state index is 13.7. The summed E-state index contributed by atoms with van der Waals surface area (Å²) in [7, 11) is 0. The van der Waals surface area contributed by atoms with E-state index in [0.717, 1.165) is 11.5 Å². The Morgan fingerprint density at radius 1 is 0.935 bits per heavy atom. The van der Waals surface area contributed by atoms with E-state index in [2.05, 4.69) is 15.3 Å². The van der Waals surface area contributed by atoms with Crippen molar-refractivity contribution in [2.45, 2.75) is 12.2 Å². The van der Waals surface area contributed by atoms with E-state index < -0.39 is 23.7 Å². The lowest BCUT2D eigenvalue weighted by Crippen LogP contribution is -2.31. The molecule has 1 atom stereocenters. The Labute approximate surface area is 180 Å². The summed E-state index contributed by atoms with van der Waals surface area (Å²) >= 11 is 6.06. The van der Waals surface area contributed by atoms with Crippen LogP contribution in [0.4, 0.5) is 13.2 Å². The van der Waals surface area contributed by atoms with Gasteiger partial charge in [0.2, 0.25) is 0 Å². The van der Waals surface area contributed by atoms with Crippen LogP contribution in [0.15, 0.2) is 79.1 Å². The Hall–Kier alpha value is -3.45. The van der Waals surface area contributed by atoms with Crippen LogP contribution < -0.4 is 5.32 Å². The molecule has 4 rings (SSSR count). The molecule has 0 saturated carbocycles. The van der Waals surface area contributed by atoms with Crippen molar-refractivity contribution in [2.24, 2.45) is 0 Å². The van der Waals surface area contributed by atoms with E-state index in [4.69, 9.17) is 11.6 Å². The first-order valence-electron chi connectivity index (χ1n) is 9.26. The number of hydrogen-bond acceptors (Lipinski definition) is 3. The minimum atomic E-state index is -4.64. The van der Waals surface area contributed by atoms with Crippen LogP contribution in [0.1, 0.15) is 33.2 Å². The molecule has 0 radical (unpaired) electrons. The molecule has 1 N–H and O–H groups in total. The number of nitrogens with zero attached hydrogens (tertiary/aromatic N) is 2. The Morgan fingerprint density at radius 2 is 1.71 bits per heavy atom. The molecule has 2 aromatic heterocycles. The standard InChI is InChI=1S/C23H15ClF3N3O/c24-17-6-1-4-15(12-17)20(21-18(23(25,26)27)7-3-11-29-21)30-22(31)16-9-8-14-5-2-10-28-19(14)13-16/h1-13,20H,(H,30,31). The highest BCUT2D eigenvalue weighted by Gasteiger charge is 2.37. The lowest BCUT2D eigenvalue weighted by atomic mass is 9.98. The van der Waals surface area contributed by atoms with Gasteiger partial charge in [0.25, 0.3) is 5.91 Å². The number of hydrogen-bond donors (Lipinski definition) is 1. The predicted octanol–water partition coefficient (Wildman–Crippen LogP) is 5.82. The fourth-order valence-electron chi connectivity index (χ4n) is 3.31. The molecule has 2 aromatic carbocycles. The molecule has 0 bridgehead atoms. The number of rotatable bonds is 4. The molecule has 0 aliphatic rings. The van der Waals surface area contributed by atoms with Crippen LogP contribution in [-0.2, 0) is 6.18 Å². The number of halogens is 4. The van der Waals surface area contributed by atoms with E-state index in [1.807, 2.05) is 6.07 Å². The SMILES string of the molecule is O=C(NC(c1cccc(Cl)c1)c1ncccc1C(F)(F)F)c1ccc2cccnc2c1. The smallest absolute Gasteiger partial charge is 0.340 e. The van der Waals surface area contributed by atoms with Gasteiger partial charge in [-0.25, -0.2) is 0 Å². The van der Waals surface area contributed by atoms with E-state index >= 15 is 0 Å². The van der Waals surface area contributed by atoms with Crippen LogP contribution in [0.2, 0.25) is 5.02 Å². The summed E-state index contributed by atoms with van der Waals surface area (Å²) < 4.78 is 41.0. The molecular weight excluding hydrogens is 427 g/mol. The normalized spacial score (nSPS) is 12.5. The van der Waals surface area contributed by atoms with Crippen LogP contribution in [0, 0.1) is 0 Å². The topological polar surface area (TPSA) is 54.9 Å². The number of fused-ring (bicyclic) bond motifs is 1. The zero-order chi connectivity index (χ0) is 22.0. The molecule has 0 fully saturated rings. The van der Waals surface area contributed by atoms with Gasteiger partial charge in [-0.2, -0.15) is 13.2 Å². The highest BCUT2D eigenvalue weighted by Crippen LogP contribution is 2.36. The number of aromatic nitrogens is 2. The van der Waals surface area contributed by atoms with Gasteiger partial charge in [-0.15, -0.1) is 0 Å². The van der Waals surface area contributed by atoms with Crippen molar-refractivity contribution in [2.75, 3.05) is 0 Å². The molecular formula is C23H15ClF3N3O. The van der Waals surface area contributed by atoms with Crippen molar-refractivity contribution in [3.63, 3.8) is 0 Å². The van der Waals surface area contributed by atoms with Gasteiger partial charge in [-0.3, -0.25) is 14.8 Å². The summed E-state index contributed by atoms with van der Waals surface area (Å²) in [5, 5.41) is 3.85. The van der Waals surface area contributed by atoms with Gasteiger partial charge in [0.15, 0.2) is 0 Å². The Bertz CT molecular complexity index is 1260. The molecule has 0 aliphatic heterocycles. The number of nitrogens with one attached hydrogen (secondary N) is 1. The van der Waals surface area contributed by atoms with E-state index in [1.165, 1.54) is 18.3 Å². The van der Waals surface area contributed by atoms with Crippen molar-refractivity contribution in [3.8, 4) is 0 Å². The molecule has 0 aliphatic carbocycles. The molecule has 2 heterocycles. The average molecular weight is 442 g/mol. The molecule has 8 heteroatoms. The third kappa shape index (κ3) is 4.51. The van der Waals surface area contributed by atoms with Crippen molar-refractivity contribution in [1.29, 1.82) is 0 Å². The number of benzene rings is 2. The summed E-state index contributed by atoms with van der Waals surface area (Å²) in [4.78, 5) is 21.2. The van der Waals surface area contributed by atoms with Crippen LogP contribution >= 0.6 is 11.6 Å². The number of pyridine rings is 2. The van der Waals surface area contributed by atoms with E-state index in [-0.39, 0.29) is 11.3 Å². The number of amides is 1. The second-order valence-electron chi connectivity index (χ2n) is 6.81. The fourth-order valence-corrected chi connectivity index (χ4v) is 3.50. The summed E-state index contributed by atoms with van der Waals surface area (Å²) in [6.07, 6.45) is -1.78. The zero-order valence-electron chi connectivity index (χ0n) is 15.9. The molecule has 4 nitrogen and oxygen atoms in total. The Morgan fingerprint density at radius 3 is 2.48 bits per heavy atom. The number of alkyl halides is 3. The molecule has 31 heavy (non-hydrogen) atoms. The summed E-state index contributed by atoms with van der Waals surface area (Å²) in [6.45, 7) is 0. The predicted molar refractivity (Wildman–Crippen MR) is 112 cm³/mol. The first-order chi connectivity index (χ1) is 14.8. The van der Waals surface area contributed by atoms with Crippen LogP contribution in [0.25, 0.3) is 10.9 Å². The van der Waals surface area contributed by atoms with Gasteiger partial charge in [0.05, 0.1) is 22.8 Å². The minimum Gasteiger partial charge on any atom is -0.340 e. The Balaban J connectivity index is 1.77. The first-order valence-corrected chi connectivity index (χ1v) is 9.64. The van der Waals surface area contributed by atoms with Crippen molar-refractivity contribution in [1.82, 2.24) is 15.3 Å². The first kappa shape index (κ1) is 20.8. The third-order valence-electron chi connectivity index (χ3n) is 4.74. The second kappa shape index (κ2) is 8.35. The molecule has 1 amide bonds. The van der Waals surface area contributed by atoms with Gasteiger partial charge in [-0.05, 0) is 48.0 Å². The molecule has 0 saturated heterocycles. The highest BCUT2D eigenvalue weighted by molar-refractivity contribution is 6.30. The molecule has 1 unspecified atom stereocenters. The summed E-state index contributed by atoms with van der Waals surface area (Å²) in [5.74, 6) is -0.559. The Kier molecular flexibility index (Phi) is 5.61. The van der Waals surface area contributed by atoms with Crippen LogP contribution in [0.5, 0.6) is 0 Å². The largest absolute Gasteiger partial charge is 0.418 e. The maximum atomic E-state index is 13.7. The quantitative estimate of drug-likeness (QED) is 0.434. The summed E-state index contributed by atoms with van der Waals surface area (Å²) in [5.41, 5.74) is -0.0000567.